The Bertz CT molecular complexity index is 1270. The summed E-state index contributed by atoms with van der Waals surface area (Å²) in [6, 6.07) is 21.8. The molecular formula is C28H26N2O5S2. The highest BCUT2D eigenvalue weighted by molar-refractivity contribution is 8.00. The van der Waals surface area contributed by atoms with Crippen molar-refractivity contribution in [1.29, 1.82) is 0 Å². The van der Waals surface area contributed by atoms with Crippen molar-refractivity contribution in [2.24, 2.45) is 0 Å². The number of thioether (sulfide) groups is 1. The van der Waals surface area contributed by atoms with Gasteiger partial charge in [0.15, 0.2) is 6.10 Å². The lowest BCUT2D eigenvalue weighted by Crippen LogP contribution is -2.71. The van der Waals surface area contributed by atoms with Crippen molar-refractivity contribution < 1.29 is 24.2 Å². The number of fused-ring (bicyclic) bond motifs is 1. The molecule has 0 bridgehead atoms. The van der Waals surface area contributed by atoms with E-state index in [0.29, 0.717) is 11.3 Å². The minimum absolute atomic E-state index is 0.0596. The third-order valence-electron chi connectivity index (χ3n) is 6.36. The van der Waals surface area contributed by atoms with Crippen LogP contribution in [0.2, 0.25) is 0 Å². The number of nitrogens with one attached hydrogen (secondary N) is 1. The van der Waals surface area contributed by atoms with Gasteiger partial charge >= 0.3 is 5.97 Å². The lowest BCUT2D eigenvalue weighted by Gasteiger charge is -2.50. The number of carbonyl (C=O) groups is 3. The van der Waals surface area contributed by atoms with Gasteiger partial charge in [0.05, 0.1) is 12.5 Å². The molecule has 1 unspecified atom stereocenters. The topological polar surface area (TPSA) is 95.9 Å². The van der Waals surface area contributed by atoms with Gasteiger partial charge in [-0.1, -0.05) is 66.7 Å². The van der Waals surface area contributed by atoms with Crippen LogP contribution < -0.4 is 5.32 Å². The van der Waals surface area contributed by atoms with Crippen molar-refractivity contribution in [3.8, 4) is 0 Å². The molecule has 7 nitrogen and oxygen atoms in total. The molecule has 2 aliphatic rings. The fourth-order valence-electron chi connectivity index (χ4n) is 4.49. The van der Waals surface area contributed by atoms with E-state index >= 15 is 0 Å². The van der Waals surface area contributed by atoms with E-state index in [1.807, 2.05) is 78.2 Å². The second kappa shape index (κ2) is 10.9. The number of nitrogens with zero attached hydrogens (tertiary/aromatic N) is 1. The van der Waals surface area contributed by atoms with Crippen LogP contribution in [0.1, 0.15) is 29.0 Å². The molecule has 1 saturated heterocycles. The molecule has 3 aromatic rings. The summed E-state index contributed by atoms with van der Waals surface area (Å²) in [6.45, 7) is 1.57. The zero-order valence-corrected chi connectivity index (χ0v) is 21.7. The number of rotatable bonds is 8. The summed E-state index contributed by atoms with van der Waals surface area (Å²) in [5.41, 5.74) is 2.07. The summed E-state index contributed by atoms with van der Waals surface area (Å²) in [5, 5.41) is 14.7. The van der Waals surface area contributed by atoms with E-state index < -0.39 is 35.5 Å². The van der Waals surface area contributed by atoms with Gasteiger partial charge in [0.2, 0.25) is 5.91 Å². The number of β-lactam (4-membered cyclic amide) rings is 1. The molecule has 2 N–H and O–H groups in total. The highest BCUT2D eigenvalue weighted by Gasteiger charge is 2.55. The molecular weight excluding hydrogens is 508 g/mol. The van der Waals surface area contributed by atoms with Gasteiger partial charge in [-0.3, -0.25) is 14.5 Å². The van der Waals surface area contributed by atoms with Crippen LogP contribution in [0.3, 0.4) is 0 Å². The first-order valence-electron chi connectivity index (χ1n) is 11.9. The van der Waals surface area contributed by atoms with Crippen LogP contribution in [0.4, 0.5) is 0 Å². The van der Waals surface area contributed by atoms with Gasteiger partial charge in [-0.15, -0.1) is 23.1 Å². The first-order valence-corrected chi connectivity index (χ1v) is 13.8. The molecule has 9 heteroatoms. The zero-order valence-electron chi connectivity index (χ0n) is 20.1. The summed E-state index contributed by atoms with van der Waals surface area (Å²) in [7, 11) is 0. The molecule has 3 heterocycles. The summed E-state index contributed by atoms with van der Waals surface area (Å²) in [6.07, 6.45) is -1.44. The number of amides is 2. The number of esters is 1. The van der Waals surface area contributed by atoms with Crippen LogP contribution in [0, 0.1) is 0 Å². The molecule has 0 spiro atoms. The van der Waals surface area contributed by atoms with Crippen molar-refractivity contribution in [1.82, 2.24) is 10.2 Å². The van der Waals surface area contributed by atoms with E-state index in [1.165, 1.54) is 28.0 Å². The monoisotopic (exact) mass is 534 g/mol. The number of ether oxygens (including phenoxy) is 1. The van der Waals surface area contributed by atoms with Crippen molar-refractivity contribution >= 4 is 40.9 Å². The van der Waals surface area contributed by atoms with Gasteiger partial charge in [0.25, 0.3) is 5.91 Å². The number of hydrogen-bond donors (Lipinski definition) is 2. The third-order valence-corrected chi connectivity index (χ3v) is 8.53. The summed E-state index contributed by atoms with van der Waals surface area (Å²) >= 11 is 2.89. The Hall–Kier alpha value is -3.40. The summed E-state index contributed by atoms with van der Waals surface area (Å²) in [5.74, 6) is -0.980. The maximum absolute atomic E-state index is 13.7. The Labute approximate surface area is 223 Å². The predicted molar refractivity (Wildman–Crippen MR) is 143 cm³/mol. The van der Waals surface area contributed by atoms with E-state index in [9.17, 15) is 19.5 Å². The standard InChI is InChI=1S/C28H26N2O5S2/c1-17(31)21-16-37-27-23(29-22(32)15-20-13-8-14-36-20)26(33)30(27)24(21)28(34)35-25(18-9-4-2-5-10-18)19-11-6-3-7-12-19/h2-14,17,23,25,27,31H,15-16H2,1H3,(H,29,32)/t17?,23-,27+/m1/s1. The molecule has 0 aliphatic carbocycles. The summed E-state index contributed by atoms with van der Waals surface area (Å²) in [4.78, 5) is 41.7. The Morgan fingerprint density at radius 2 is 1.70 bits per heavy atom. The van der Waals surface area contributed by atoms with E-state index in [1.54, 1.807) is 6.92 Å². The molecule has 3 atom stereocenters. The van der Waals surface area contributed by atoms with E-state index in [4.69, 9.17) is 4.74 Å². The number of hydrogen-bond acceptors (Lipinski definition) is 7. The van der Waals surface area contributed by atoms with Crippen molar-refractivity contribution in [3.63, 3.8) is 0 Å². The minimum atomic E-state index is -0.942. The quantitative estimate of drug-likeness (QED) is 0.338. The van der Waals surface area contributed by atoms with Crippen LogP contribution in [-0.4, -0.2) is 51.1 Å². The molecule has 1 fully saturated rings. The van der Waals surface area contributed by atoms with Crippen LogP contribution in [0.25, 0.3) is 0 Å². The Balaban J connectivity index is 1.39. The molecule has 2 amide bonds. The SMILES string of the molecule is CC(O)C1=C(C(=O)OC(c2ccccc2)c2ccccc2)N2C(=O)[C@@H](NC(=O)Cc3cccs3)[C@@H]2SC1. The van der Waals surface area contributed by atoms with Gasteiger partial charge in [-0.05, 0) is 35.1 Å². The first kappa shape index (κ1) is 25.3. The Morgan fingerprint density at radius 1 is 1.05 bits per heavy atom. The average Bonchev–Trinajstić information content (AvgIpc) is 3.43. The average molecular weight is 535 g/mol. The molecule has 0 saturated carbocycles. The molecule has 1 aromatic heterocycles. The van der Waals surface area contributed by atoms with Gasteiger partial charge in [-0.2, -0.15) is 0 Å². The smallest absolute Gasteiger partial charge is 0.356 e. The van der Waals surface area contributed by atoms with E-state index in [2.05, 4.69) is 5.32 Å². The van der Waals surface area contributed by atoms with Crippen LogP contribution >= 0.6 is 23.1 Å². The maximum atomic E-state index is 13.7. The number of carbonyl (C=O) groups excluding carboxylic acids is 3. The van der Waals surface area contributed by atoms with Crippen molar-refractivity contribution in [2.75, 3.05) is 5.75 Å². The van der Waals surface area contributed by atoms with Crippen molar-refractivity contribution in [3.05, 3.63) is 105 Å². The molecule has 37 heavy (non-hydrogen) atoms. The Kier molecular flexibility index (Phi) is 7.45. The zero-order chi connectivity index (χ0) is 25.9. The minimum Gasteiger partial charge on any atom is -0.448 e. The number of aliphatic hydroxyl groups is 1. The maximum Gasteiger partial charge on any atom is 0.356 e. The van der Waals surface area contributed by atoms with Crippen LogP contribution in [0.15, 0.2) is 89.4 Å². The molecule has 0 radical (unpaired) electrons. The van der Waals surface area contributed by atoms with Gasteiger partial charge in [0.1, 0.15) is 17.1 Å². The second-order valence-corrected chi connectivity index (χ2v) is 11.0. The molecule has 5 rings (SSSR count). The highest BCUT2D eigenvalue weighted by atomic mass is 32.2. The predicted octanol–water partition coefficient (Wildman–Crippen LogP) is 3.66. The normalized spacial score (nSPS) is 19.8. The number of aliphatic hydroxyl groups excluding tert-OH is 1. The first-order chi connectivity index (χ1) is 17.9. The fourth-order valence-corrected chi connectivity index (χ4v) is 6.66. The third kappa shape index (κ3) is 5.20. The molecule has 2 aromatic carbocycles. The number of thiophene rings is 1. The van der Waals surface area contributed by atoms with Gasteiger partial charge in [0, 0.05) is 10.6 Å². The van der Waals surface area contributed by atoms with E-state index in [0.717, 1.165) is 16.0 Å². The second-order valence-electron chi connectivity index (χ2n) is 8.87. The van der Waals surface area contributed by atoms with Gasteiger partial charge < -0.3 is 15.2 Å². The number of benzene rings is 2. The molecule has 190 valence electrons. The fraction of sp³-hybridized carbons (Fsp3) is 0.250. The van der Waals surface area contributed by atoms with Gasteiger partial charge in [-0.25, -0.2) is 4.79 Å². The molecule has 2 aliphatic heterocycles. The summed E-state index contributed by atoms with van der Waals surface area (Å²) < 4.78 is 6.03. The van der Waals surface area contributed by atoms with Crippen LogP contribution in [0.5, 0.6) is 0 Å². The van der Waals surface area contributed by atoms with E-state index in [-0.39, 0.29) is 18.0 Å². The van der Waals surface area contributed by atoms with Crippen molar-refractivity contribution in [2.45, 2.75) is 37.0 Å². The van der Waals surface area contributed by atoms with Crippen LogP contribution in [-0.2, 0) is 25.5 Å². The lowest BCUT2D eigenvalue weighted by atomic mass is 9.99. The largest absolute Gasteiger partial charge is 0.448 e. The Morgan fingerprint density at radius 3 is 2.27 bits per heavy atom. The lowest BCUT2D eigenvalue weighted by molar-refractivity contribution is -0.154. The highest BCUT2D eigenvalue weighted by Crippen LogP contribution is 2.42.